The Balaban J connectivity index is 2.63. The predicted molar refractivity (Wildman–Crippen MR) is 84.5 cm³/mol. The maximum absolute atomic E-state index is 12.1. The molecule has 0 bridgehead atoms. The van der Waals surface area contributed by atoms with Crippen molar-refractivity contribution >= 4 is 12.0 Å². The van der Waals surface area contributed by atoms with Crippen molar-refractivity contribution in [2.24, 2.45) is 5.41 Å². The van der Waals surface area contributed by atoms with Crippen molar-refractivity contribution < 1.29 is 14.3 Å². The van der Waals surface area contributed by atoms with Crippen LogP contribution in [0, 0.1) is 5.41 Å². The lowest BCUT2D eigenvalue weighted by Gasteiger charge is -2.31. The van der Waals surface area contributed by atoms with Gasteiger partial charge in [-0.3, -0.25) is 9.36 Å². The summed E-state index contributed by atoms with van der Waals surface area (Å²) in [7, 11) is 0. The number of carbonyl (C=O) groups is 2. The standard InChI is InChI=1S/C16H27N3O3/c1-15(2,3)12(7-8-13(20)22-16(4,5)6)18-14(21)19-10-9-17-11-19/h9-12H,7-8H2,1-6H3,(H,18,21). The van der Waals surface area contributed by atoms with Crippen molar-refractivity contribution in [1.29, 1.82) is 0 Å². The van der Waals surface area contributed by atoms with Gasteiger partial charge < -0.3 is 10.1 Å². The molecule has 1 amide bonds. The van der Waals surface area contributed by atoms with Crippen LogP contribution in [0.15, 0.2) is 18.7 Å². The molecule has 0 aliphatic heterocycles. The Morgan fingerprint density at radius 3 is 2.32 bits per heavy atom. The van der Waals surface area contributed by atoms with Crippen LogP contribution in [-0.2, 0) is 9.53 Å². The van der Waals surface area contributed by atoms with Crippen molar-refractivity contribution in [2.45, 2.75) is 66.0 Å². The summed E-state index contributed by atoms with van der Waals surface area (Å²) in [6.07, 6.45) is 5.38. The highest BCUT2D eigenvalue weighted by atomic mass is 16.6. The molecule has 1 N–H and O–H groups in total. The largest absolute Gasteiger partial charge is 0.460 e. The molecule has 0 spiro atoms. The van der Waals surface area contributed by atoms with E-state index in [1.165, 1.54) is 10.9 Å². The summed E-state index contributed by atoms with van der Waals surface area (Å²) in [6.45, 7) is 11.6. The molecule has 6 heteroatoms. The molecule has 124 valence electrons. The van der Waals surface area contributed by atoms with Gasteiger partial charge in [0.25, 0.3) is 0 Å². The van der Waals surface area contributed by atoms with Crippen LogP contribution in [0.1, 0.15) is 54.4 Å². The molecule has 1 atom stereocenters. The fourth-order valence-electron chi connectivity index (χ4n) is 1.98. The Labute approximate surface area is 132 Å². The second-order valence-electron chi connectivity index (χ2n) is 7.46. The summed E-state index contributed by atoms with van der Waals surface area (Å²) in [4.78, 5) is 27.8. The van der Waals surface area contributed by atoms with E-state index in [1.54, 1.807) is 12.4 Å². The van der Waals surface area contributed by atoms with Crippen LogP contribution in [0.3, 0.4) is 0 Å². The van der Waals surface area contributed by atoms with Crippen molar-refractivity contribution in [3.8, 4) is 0 Å². The molecule has 0 aliphatic carbocycles. The third kappa shape index (κ3) is 6.28. The number of rotatable bonds is 4. The molecular weight excluding hydrogens is 282 g/mol. The Kier molecular flexibility index (Phi) is 5.74. The SMILES string of the molecule is CC(C)(C)OC(=O)CCC(NC(=O)n1ccnc1)C(C)(C)C. The smallest absolute Gasteiger partial charge is 0.327 e. The molecule has 0 fully saturated rings. The van der Waals surface area contributed by atoms with Crippen molar-refractivity contribution in [3.05, 3.63) is 18.7 Å². The lowest BCUT2D eigenvalue weighted by atomic mass is 9.84. The molecule has 1 aromatic rings. The molecule has 1 unspecified atom stereocenters. The summed E-state index contributed by atoms with van der Waals surface area (Å²) in [5.74, 6) is -0.251. The molecule has 1 heterocycles. The number of ether oxygens (including phenoxy) is 1. The van der Waals surface area contributed by atoms with Gasteiger partial charge in [-0.1, -0.05) is 20.8 Å². The number of amides is 1. The zero-order chi connectivity index (χ0) is 17.0. The van der Waals surface area contributed by atoms with Crippen molar-refractivity contribution in [1.82, 2.24) is 14.9 Å². The Hall–Kier alpha value is -1.85. The fourth-order valence-corrected chi connectivity index (χ4v) is 1.98. The first-order valence-corrected chi connectivity index (χ1v) is 7.50. The molecular formula is C16H27N3O3. The highest BCUT2D eigenvalue weighted by Crippen LogP contribution is 2.23. The van der Waals surface area contributed by atoms with E-state index >= 15 is 0 Å². The Morgan fingerprint density at radius 2 is 1.86 bits per heavy atom. The van der Waals surface area contributed by atoms with Gasteiger partial charge in [0, 0.05) is 24.9 Å². The summed E-state index contributed by atoms with van der Waals surface area (Å²) in [5, 5.41) is 2.95. The normalized spacial score (nSPS) is 13.5. The van der Waals surface area contributed by atoms with Gasteiger partial charge >= 0.3 is 12.0 Å². The molecule has 0 saturated carbocycles. The van der Waals surface area contributed by atoms with E-state index < -0.39 is 5.60 Å². The molecule has 0 aliphatic rings. The quantitative estimate of drug-likeness (QED) is 0.868. The zero-order valence-corrected chi connectivity index (χ0v) is 14.3. The van der Waals surface area contributed by atoms with Crippen LogP contribution >= 0.6 is 0 Å². The number of nitrogens with zero attached hydrogens (tertiary/aromatic N) is 2. The number of hydrogen-bond donors (Lipinski definition) is 1. The number of imidazole rings is 1. The predicted octanol–water partition coefficient (Wildman–Crippen LogP) is 2.98. The van der Waals surface area contributed by atoms with Crippen molar-refractivity contribution in [3.63, 3.8) is 0 Å². The van der Waals surface area contributed by atoms with Crippen LogP contribution in [0.5, 0.6) is 0 Å². The average Bonchev–Trinajstić information content (AvgIpc) is 2.84. The zero-order valence-electron chi connectivity index (χ0n) is 14.3. The molecule has 0 aromatic carbocycles. The number of hydrogen-bond acceptors (Lipinski definition) is 4. The van der Waals surface area contributed by atoms with Crippen LogP contribution < -0.4 is 5.32 Å². The molecule has 1 aromatic heterocycles. The second-order valence-corrected chi connectivity index (χ2v) is 7.46. The summed E-state index contributed by atoms with van der Waals surface area (Å²) in [5.41, 5.74) is -0.660. The number of carbonyl (C=O) groups excluding carboxylic acids is 2. The monoisotopic (exact) mass is 309 g/mol. The van der Waals surface area contributed by atoms with Gasteiger partial charge in [0.05, 0.1) is 0 Å². The summed E-state index contributed by atoms with van der Waals surface area (Å²) < 4.78 is 6.69. The third-order valence-corrected chi connectivity index (χ3v) is 3.14. The van der Waals surface area contributed by atoms with Gasteiger partial charge in [0.15, 0.2) is 0 Å². The van der Waals surface area contributed by atoms with Gasteiger partial charge in [-0.15, -0.1) is 0 Å². The van der Waals surface area contributed by atoms with Gasteiger partial charge in [-0.2, -0.15) is 0 Å². The van der Waals surface area contributed by atoms with E-state index in [9.17, 15) is 9.59 Å². The lowest BCUT2D eigenvalue weighted by molar-refractivity contribution is -0.155. The van der Waals surface area contributed by atoms with Crippen LogP contribution in [-0.4, -0.2) is 33.2 Å². The molecule has 0 radical (unpaired) electrons. The first kappa shape index (κ1) is 18.2. The second kappa shape index (κ2) is 6.94. The minimum absolute atomic E-state index is 0.144. The third-order valence-electron chi connectivity index (χ3n) is 3.14. The topological polar surface area (TPSA) is 73.2 Å². The highest BCUT2D eigenvalue weighted by molar-refractivity contribution is 5.77. The van der Waals surface area contributed by atoms with Crippen LogP contribution in [0.2, 0.25) is 0 Å². The highest BCUT2D eigenvalue weighted by Gasteiger charge is 2.28. The van der Waals surface area contributed by atoms with Crippen LogP contribution in [0.4, 0.5) is 4.79 Å². The van der Waals surface area contributed by atoms with E-state index in [-0.39, 0.29) is 29.9 Å². The summed E-state index contributed by atoms with van der Waals surface area (Å²) in [6, 6.07) is -0.392. The van der Waals surface area contributed by atoms with E-state index in [4.69, 9.17) is 4.74 Å². The minimum Gasteiger partial charge on any atom is -0.460 e. The summed E-state index contributed by atoms with van der Waals surface area (Å²) >= 11 is 0. The minimum atomic E-state index is -0.492. The first-order valence-electron chi connectivity index (χ1n) is 7.50. The van der Waals surface area contributed by atoms with E-state index in [0.29, 0.717) is 6.42 Å². The average molecular weight is 309 g/mol. The fraction of sp³-hybridized carbons (Fsp3) is 0.688. The first-order chi connectivity index (χ1) is 9.99. The molecule has 6 nitrogen and oxygen atoms in total. The number of esters is 1. The van der Waals surface area contributed by atoms with E-state index in [1.807, 2.05) is 41.5 Å². The van der Waals surface area contributed by atoms with Crippen LogP contribution in [0.25, 0.3) is 0 Å². The number of aromatic nitrogens is 2. The van der Waals surface area contributed by atoms with E-state index in [0.717, 1.165) is 0 Å². The maximum atomic E-state index is 12.1. The molecule has 1 rings (SSSR count). The lowest BCUT2D eigenvalue weighted by Crippen LogP contribution is -2.45. The Bertz CT molecular complexity index is 496. The molecule has 22 heavy (non-hydrogen) atoms. The maximum Gasteiger partial charge on any atom is 0.327 e. The van der Waals surface area contributed by atoms with Gasteiger partial charge in [0.2, 0.25) is 0 Å². The van der Waals surface area contributed by atoms with E-state index in [2.05, 4.69) is 10.3 Å². The molecule has 0 saturated heterocycles. The van der Waals surface area contributed by atoms with Gasteiger partial charge in [-0.05, 0) is 32.6 Å². The van der Waals surface area contributed by atoms with Crippen molar-refractivity contribution in [2.75, 3.05) is 0 Å². The van der Waals surface area contributed by atoms with Gasteiger partial charge in [-0.25, -0.2) is 9.78 Å². The van der Waals surface area contributed by atoms with Gasteiger partial charge in [0.1, 0.15) is 11.9 Å². The Morgan fingerprint density at radius 1 is 1.23 bits per heavy atom. The number of nitrogens with one attached hydrogen (secondary N) is 1.